The summed E-state index contributed by atoms with van der Waals surface area (Å²) >= 11 is 0. The van der Waals surface area contributed by atoms with Gasteiger partial charge < -0.3 is 4.74 Å². The largest absolute Gasteiger partial charge is 0.464 e. The highest BCUT2D eigenvalue weighted by Crippen LogP contribution is 2.12. The number of ether oxygens (including phenoxy) is 1. The molecule has 1 aliphatic rings. The minimum Gasteiger partial charge on any atom is -0.464 e. The van der Waals surface area contributed by atoms with Crippen molar-refractivity contribution in [1.82, 2.24) is 4.90 Å². The second kappa shape index (κ2) is 4.07. The second-order valence-corrected chi connectivity index (χ2v) is 2.69. The van der Waals surface area contributed by atoms with Gasteiger partial charge >= 0.3 is 5.97 Å². The maximum Gasteiger partial charge on any atom is 0.323 e. The van der Waals surface area contributed by atoms with Crippen LogP contribution < -0.4 is 0 Å². The molecule has 1 unspecified atom stereocenters. The van der Waals surface area contributed by atoms with Crippen molar-refractivity contribution in [3.63, 3.8) is 0 Å². The lowest BCUT2D eigenvalue weighted by Crippen LogP contribution is -2.38. The van der Waals surface area contributed by atoms with Gasteiger partial charge in [-0.3, -0.25) is 9.69 Å². The standard InChI is InChI=1S/C8H12N2O2/c1-2-10(5-4-9)7-3-6-12-8(7)11/h7H,2-3,5-6H2,1H3. The summed E-state index contributed by atoms with van der Waals surface area (Å²) in [5.41, 5.74) is 0. The third-order valence-electron chi connectivity index (χ3n) is 2.03. The number of nitriles is 1. The van der Waals surface area contributed by atoms with Crippen LogP contribution in [-0.2, 0) is 9.53 Å². The number of rotatable bonds is 3. The van der Waals surface area contributed by atoms with Gasteiger partial charge in [-0.2, -0.15) is 5.26 Å². The van der Waals surface area contributed by atoms with Crippen LogP contribution in [0.1, 0.15) is 13.3 Å². The van der Waals surface area contributed by atoms with Crippen molar-refractivity contribution >= 4 is 5.97 Å². The van der Waals surface area contributed by atoms with Gasteiger partial charge in [0.15, 0.2) is 0 Å². The van der Waals surface area contributed by atoms with Crippen molar-refractivity contribution in [2.75, 3.05) is 19.7 Å². The topological polar surface area (TPSA) is 53.3 Å². The molecule has 0 saturated carbocycles. The average molecular weight is 168 g/mol. The lowest BCUT2D eigenvalue weighted by Gasteiger charge is -2.20. The van der Waals surface area contributed by atoms with Gasteiger partial charge in [0, 0.05) is 6.42 Å². The molecule has 1 aliphatic heterocycles. The Balaban J connectivity index is 2.53. The fraction of sp³-hybridized carbons (Fsp3) is 0.750. The zero-order chi connectivity index (χ0) is 8.97. The summed E-state index contributed by atoms with van der Waals surface area (Å²) in [5, 5.41) is 8.47. The Labute approximate surface area is 71.7 Å². The Bertz CT molecular complexity index is 210. The highest BCUT2D eigenvalue weighted by molar-refractivity contribution is 5.77. The van der Waals surface area contributed by atoms with E-state index in [0.717, 1.165) is 0 Å². The monoisotopic (exact) mass is 168 g/mol. The number of carbonyl (C=O) groups excluding carboxylic acids is 1. The lowest BCUT2D eigenvalue weighted by molar-refractivity contribution is -0.142. The van der Waals surface area contributed by atoms with Gasteiger partial charge in [0.2, 0.25) is 0 Å². The third kappa shape index (κ3) is 1.74. The van der Waals surface area contributed by atoms with Crippen LogP contribution in [-0.4, -0.2) is 36.6 Å². The van der Waals surface area contributed by atoms with Gasteiger partial charge in [-0.05, 0) is 6.54 Å². The molecule has 0 radical (unpaired) electrons. The Morgan fingerprint density at radius 1 is 1.83 bits per heavy atom. The minimum absolute atomic E-state index is 0.186. The van der Waals surface area contributed by atoms with E-state index in [-0.39, 0.29) is 12.0 Å². The minimum atomic E-state index is -0.188. The predicted molar refractivity (Wildman–Crippen MR) is 42.2 cm³/mol. The van der Waals surface area contributed by atoms with E-state index < -0.39 is 0 Å². The van der Waals surface area contributed by atoms with Gasteiger partial charge in [0.1, 0.15) is 6.04 Å². The van der Waals surface area contributed by atoms with E-state index in [0.29, 0.717) is 26.1 Å². The first kappa shape index (κ1) is 9.01. The Morgan fingerprint density at radius 2 is 2.58 bits per heavy atom. The van der Waals surface area contributed by atoms with Gasteiger partial charge in [0.05, 0.1) is 19.2 Å². The second-order valence-electron chi connectivity index (χ2n) is 2.69. The summed E-state index contributed by atoms with van der Waals surface area (Å²) < 4.78 is 4.80. The van der Waals surface area contributed by atoms with Crippen LogP contribution in [0.2, 0.25) is 0 Å². The van der Waals surface area contributed by atoms with E-state index in [9.17, 15) is 4.79 Å². The van der Waals surface area contributed by atoms with Crippen LogP contribution in [0.3, 0.4) is 0 Å². The summed E-state index contributed by atoms with van der Waals surface area (Å²) in [4.78, 5) is 12.9. The maximum absolute atomic E-state index is 11.1. The highest BCUT2D eigenvalue weighted by Gasteiger charge is 2.30. The van der Waals surface area contributed by atoms with Gasteiger partial charge in [0.25, 0.3) is 0 Å². The molecular formula is C8H12N2O2. The number of hydrogen-bond acceptors (Lipinski definition) is 4. The molecule has 1 atom stereocenters. The van der Waals surface area contributed by atoms with Crippen LogP contribution in [0.15, 0.2) is 0 Å². The SMILES string of the molecule is CCN(CC#N)C1CCOC1=O. The molecule has 0 aromatic rings. The molecule has 12 heavy (non-hydrogen) atoms. The molecule has 0 N–H and O–H groups in total. The molecule has 1 rings (SSSR count). The summed E-state index contributed by atoms with van der Waals surface area (Å²) in [6.45, 7) is 3.44. The maximum atomic E-state index is 11.1. The molecule has 0 aromatic carbocycles. The van der Waals surface area contributed by atoms with Crippen LogP contribution in [0, 0.1) is 11.3 Å². The fourth-order valence-corrected chi connectivity index (χ4v) is 1.35. The molecule has 0 bridgehead atoms. The average Bonchev–Trinajstić information content (AvgIpc) is 2.47. The van der Waals surface area contributed by atoms with Gasteiger partial charge in [-0.25, -0.2) is 0 Å². The summed E-state index contributed by atoms with van der Waals surface area (Å²) in [5.74, 6) is -0.188. The van der Waals surface area contributed by atoms with E-state index in [4.69, 9.17) is 10.00 Å². The normalized spacial score (nSPS) is 22.4. The van der Waals surface area contributed by atoms with E-state index in [1.54, 1.807) is 0 Å². The summed E-state index contributed by atoms with van der Waals surface area (Å²) in [7, 11) is 0. The van der Waals surface area contributed by atoms with Crippen LogP contribution >= 0.6 is 0 Å². The molecule has 0 aromatic heterocycles. The van der Waals surface area contributed by atoms with Crippen molar-refractivity contribution in [1.29, 1.82) is 5.26 Å². The molecule has 4 nitrogen and oxygen atoms in total. The van der Waals surface area contributed by atoms with Crippen molar-refractivity contribution in [3.8, 4) is 6.07 Å². The first-order chi connectivity index (χ1) is 5.79. The summed E-state index contributed by atoms with van der Waals surface area (Å²) in [6.07, 6.45) is 0.717. The van der Waals surface area contributed by atoms with E-state index in [2.05, 4.69) is 0 Å². The van der Waals surface area contributed by atoms with Crippen LogP contribution in [0.4, 0.5) is 0 Å². The molecule has 1 saturated heterocycles. The van der Waals surface area contributed by atoms with Gasteiger partial charge in [-0.15, -0.1) is 0 Å². The molecule has 1 fully saturated rings. The Kier molecular flexibility index (Phi) is 3.06. The Morgan fingerprint density at radius 3 is 3.00 bits per heavy atom. The molecule has 0 amide bonds. The number of cyclic esters (lactones) is 1. The van der Waals surface area contributed by atoms with Crippen molar-refractivity contribution in [2.45, 2.75) is 19.4 Å². The van der Waals surface area contributed by atoms with E-state index in [1.807, 2.05) is 17.9 Å². The predicted octanol–water partition coefficient (Wildman–Crippen LogP) is 0.147. The van der Waals surface area contributed by atoms with E-state index >= 15 is 0 Å². The summed E-state index contributed by atoms with van der Waals surface area (Å²) in [6, 6.07) is 1.85. The number of likely N-dealkylation sites (N-methyl/N-ethyl adjacent to an activating group) is 1. The smallest absolute Gasteiger partial charge is 0.323 e. The number of esters is 1. The number of nitrogens with zero attached hydrogens (tertiary/aromatic N) is 2. The fourth-order valence-electron chi connectivity index (χ4n) is 1.35. The third-order valence-corrected chi connectivity index (χ3v) is 2.03. The zero-order valence-corrected chi connectivity index (χ0v) is 7.12. The lowest BCUT2D eigenvalue weighted by atomic mass is 10.2. The van der Waals surface area contributed by atoms with Crippen molar-refractivity contribution in [3.05, 3.63) is 0 Å². The van der Waals surface area contributed by atoms with Crippen LogP contribution in [0.5, 0.6) is 0 Å². The molecule has 4 heteroatoms. The zero-order valence-electron chi connectivity index (χ0n) is 7.12. The molecule has 66 valence electrons. The van der Waals surface area contributed by atoms with Gasteiger partial charge in [-0.1, -0.05) is 6.92 Å². The molecule has 0 spiro atoms. The quantitative estimate of drug-likeness (QED) is 0.444. The Hall–Kier alpha value is -1.08. The van der Waals surface area contributed by atoms with E-state index in [1.165, 1.54) is 0 Å². The van der Waals surface area contributed by atoms with Crippen molar-refractivity contribution < 1.29 is 9.53 Å². The molecule has 0 aliphatic carbocycles. The molecule has 1 heterocycles. The van der Waals surface area contributed by atoms with Crippen LogP contribution in [0.25, 0.3) is 0 Å². The molecular weight excluding hydrogens is 156 g/mol. The number of hydrogen-bond donors (Lipinski definition) is 0. The van der Waals surface area contributed by atoms with Crippen molar-refractivity contribution in [2.24, 2.45) is 0 Å². The highest BCUT2D eigenvalue weighted by atomic mass is 16.5. The first-order valence-corrected chi connectivity index (χ1v) is 4.07. The number of carbonyl (C=O) groups is 1. The first-order valence-electron chi connectivity index (χ1n) is 4.07.